The predicted molar refractivity (Wildman–Crippen MR) is 106 cm³/mol. The summed E-state index contributed by atoms with van der Waals surface area (Å²) in [6.07, 6.45) is 0. The third-order valence-electron chi connectivity index (χ3n) is 4.77. The summed E-state index contributed by atoms with van der Waals surface area (Å²) >= 11 is 0. The summed E-state index contributed by atoms with van der Waals surface area (Å²) < 4.78 is 37.4. The van der Waals surface area contributed by atoms with Gasteiger partial charge < -0.3 is 14.8 Å². The second-order valence-electron chi connectivity index (χ2n) is 6.81. The highest BCUT2D eigenvalue weighted by Crippen LogP contribution is 2.17. The minimum atomic E-state index is -0.778. The molecule has 2 aromatic carbocycles. The zero-order valence-corrected chi connectivity index (χ0v) is 16.4. The number of nitrogens with zero attached hydrogens (tertiary/aromatic N) is 2. The lowest BCUT2D eigenvalue weighted by atomic mass is 10.2. The van der Waals surface area contributed by atoms with E-state index >= 15 is 0 Å². The number of halogens is 2. The van der Waals surface area contributed by atoms with Crippen molar-refractivity contribution in [3.05, 3.63) is 54.1 Å². The maximum absolute atomic E-state index is 13.6. The molecule has 1 saturated heterocycles. The minimum absolute atomic E-state index is 0.00860. The first kappa shape index (κ1) is 21.0. The Hall–Kier alpha value is -2.71. The van der Waals surface area contributed by atoms with E-state index in [-0.39, 0.29) is 18.1 Å². The molecule has 0 bridgehead atoms. The van der Waals surface area contributed by atoms with Crippen molar-refractivity contribution in [2.75, 3.05) is 58.3 Å². The van der Waals surface area contributed by atoms with E-state index < -0.39 is 11.6 Å². The zero-order valence-electron chi connectivity index (χ0n) is 16.4. The average Bonchev–Trinajstić information content (AvgIpc) is 2.72. The largest absolute Gasteiger partial charge is 0.497 e. The van der Waals surface area contributed by atoms with Gasteiger partial charge in [-0.1, -0.05) is 0 Å². The van der Waals surface area contributed by atoms with Crippen LogP contribution in [0.15, 0.2) is 42.5 Å². The second kappa shape index (κ2) is 10.2. The Bertz CT molecular complexity index is 809. The Morgan fingerprint density at radius 1 is 1.00 bits per heavy atom. The Labute approximate surface area is 169 Å². The molecule has 0 unspecified atom stereocenters. The molecule has 0 spiro atoms. The first-order valence-electron chi connectivity index (χ1n) is 9.50. The molecule has 0 saturated carbocycles. The van der Waals surface area contributed by atoms with E-state index in [1.807, 2.05) is 29.2 Å². The van der Waals surface area contributed by atoms with Crippen LogP contribution in [-0.4, -0.2) is 68.7 Å². The molecule has 3 rings (SSSR count). The van der Waals surface area contributed by atoms with Crippen molar-refractivity contribution in [3.8, 4) is 11.5 Å². The van der Waals surface area contributed by atoms with Crippen LogP contribution in [-0.2, 0) is 4.79 Å². The van der Waals surface area contributed by atoms with Gasteiger partial charge in [0.05, 0.1) is 19.3 Å². The zero-order chi connectivity index (χ0) is 20.6. The van der Waals surface area contributed by atoms with Gasteiger partial charge in [0, 0.05) is 38.8 Å². The van der Waals surface area contributed by atoms with Crippen LogP contribution in [0.2, 0.25) is 0 Å². The molecule has 1 aliphatic heterocycles. The van der Waals surface area contributed by atoms with Crippen molar-refractivity contribution in [1.29, 1.82) is 0 Å². The number of hydrogen-bond donors (Lipinski definition) is 1. The first-order valence-corrected chi connectivity index (χ1v) is 9.50. The van der Waals surface area contributed by atoms with Gasteiger partial charge in [-0.2, -0.15) is 0 Å². The fourth-order valence-corrected chi connectivity index (χ4v) is 3.12. The molecular weight excluding hydrogens is 380 g/mol. The van der Waals surface area contributed by atoms with Gasteiger partial charge in [-0.3, -0.25) is 14.6 Å². The molecule has 1 amide bonds. The van der Waals surface area contributed by atoms with Crippen molar-refractivity contribution in [1.82, 2.24) is 9.80 Å². The van der Waals surface area contributed by atoms with E-state index in [2.05, 4.69) is 10.2 Å². The van der Waals surface area contributed by atoms with Crippen LogP contribution in [0.1, 0.15) is 0 Å². The average molecular weight is 405 g/mol. The number of rotatable bonds is 8. The minimum Gasteiger partial charge on any atom is -0.497 e. The third-order valence-corrected chi connectivity index (χ3v) is 4.77. The topological polar surface area (TPSA) is 54.0 Å². The maximum Gasteiger partial charge on any atom is 0.238 e. The molecule has 0 aromatic heterocycles. The summed E-state index contributed by atoms with van der Waals surface area (Å²) in [7, 11) is 1.63. The second-order valence-corrected chi connectivity index (χ2v) is 6.81. The van der Waals surface area contributed by atoms with E-state index in [0.717, 1.165) is 56.4 Å². The molecule has 0 radical (unpaired) electrons. The third kappa shape index (κ3) is 6.40. The Morgan fingerprint density at radius 3 is 2.31 bits per heavy atom. The van der Waals surface area contributed by atoms with Crippen LogP contribution >= 0.6 is 0 Å². The molecule has 0 atom stereocenters. The number of methoxy groups -OCH3 is 1. The van der Waals surface area contributed by atoms with Gasteiger partial charge in [0.15, 0.2) is 0 Å². The van der Waals surface area contributed by atoms with Crippen molar-refractivity contribution in [3.63, 3.8) is 0 Å². The van der Waals surface area contributed by atoms with Gasteiger partial charge in [0.1, 0.15) is 29.7 Å². The van der Waals surface area contributed by atoms with Crippen molar-refractivity contribution in [2.24, 2.45) is 0 Å². The van der Waals surface area contributed by atoms with Crippen molar-refractivity contribution >= 4 is 11.6 Å². The quantitative estimate of drug-likeness (QED) is 0.732. The fraction of sp³-hybridized carbons (Fsp3) is 0.381. The normalized spacial score (nSPS) is 15.1. The van der Waals surface area contributed by atoms with Crippen LogP contribution in [0.25, 0.3) is 0 Å². The summed E-state index contributed by atoms with van der Waals surface area (Å²) in [5.74, 6) is -0.173. The number of carbonyl (C=O) groups is 1. The highest BCUT2D eigenvalue weighted by molar-refractivity contribution is 5.92. The lowest BCUT2D eigenvalue weighted by Gasteiger charge is -2.34. The van der Waals surface area contributed by atoms with Crippen LogP contribution in [0, 0.1) is 11.6 Å². The molecule has 1 aliphatic rings. The molecule has 2 aromatic rings. The van der Waals surface area contributed by atoms with Gasteiger partial charge >= 0.3 is 0 Å². The molecule has 1 heterocycles. The van der Waals surface area contributed by atoms with Gasteiger partial charge in [-0.15, -0.1) is 0 Å². The van der Waals surface area contributed by atoms with Crippen molar-refractivity contribution < 1.29 is 23.0 Å². The number of anilines is 1. The molecule has 156 valence electrons. The highest BCUT2D eigenvalue weighted by atomic mass is 19.1. The number of nitrogens with one attached hydrogen (secondary N) is 1. The van der Waals surface area contributed by atoms with Crippen LogP contribution in [0.3, 0.4) is 0 Å². The Balaban J connectivity index is 1.34. The van der Waals surface area contributed by atoms with E-state index in [0.29, 0.717) is 6.61 Å². The number of carbonyl (C=O) groups excluding carboxylic acids is 1. The van der Waals surface area contributed by atoms with Crippen LogP contribution in [0.5, 0.6) is 11.5 Å². The van der Waals surface area contributed by atoms with Gasteiger partial charge in [-0.05, 0) is 36.4 Å². The lowest BCUT2D eigenvalue weighted by Crippen LogP contribution is -2.49. The smallest absolute Gasteiger partial charge is 0.238 e. The lowest BCUT2D eigenvalue weighted by molar-refractivity contribution is -0.117. The molecular formula is C21H25F2N3O3. The maximum atomic E-state index is 13.6. The van der Waals surface area contributed by atoms with Crippen LogP contribution < -0.4 is 14.8 Å². The highest BCUT2D eigenvalue weighted by Gasteiger charge is 2.19. The van der Waals surface area contributed by atoms with E-state index in [1.165, 1.54) is 6.07 Å². The van der Waals surface area contributed by atoms with Gasteiger partial charge in [-0.25, -0.2) is 8.78 Å². The summed E-state index contributed by atoms with van der Waals surface area (Å²) in [4.78, 5) is 16.4. The number of hydrogen-bond acceptors (Lipinski definition) is 5. The summed E-state index contributed by atoms with van der Waals surface area (Å²) in [5, 5.41) is 2.49. The number of amides is 1. The molecule has 1 N–H and O–H groups in total. The fourth-order valence-electron chi connectivity index (χ4n) is 3.12. The Morgan fingerprint density at radius 2 is 1.66 bits per heavy atom. The molecule has 0 aliphatic carbocycles. The first-order chi connectivity index (χ1) is 14.0. The van der Waals surface area contributed by atoms with Crippen molar-refractivity contribution in [2.45, 2.75) is 0 Å². The molecule has 8 heteroatoms. The monoisotopic (exact) mass is 405 g/mol. The molecule has 6 nitrogen and oxygen atoms in total. The molecule has 1 fully saturated rings. The van der Waals surface area contributed by atoms with Gasteiger partial charge in [0.2, 0.25) is 5.91 Å². The summed E-state index contributed by atoms with van der Waals surface area (Å²) in [5.41, 5.74) is -0.00860. The molecule has 29 heavy (non-hydrogen) atoms. The van der Waals surface area contributed by atoms with E-state index in [1.54, 1.807) is 7.11 Å². The standard InChI is InChI=1S/C21H25F2N3O3/c1-28-17-3-5-18(6-4-17)29-13-12-25-8-10-26(11-9-25)15-21(27)24-20-7-2-16(22)14-19(20)23/h2-7,14H,8-13,15H2,1H3,(H,24,27). The summed E-state index contributed by atoms with van der Waals surface area (Å²) in [6.45, 7) is 4.68. The number of ether oxygens (including phenoxy) is 2. The van der Waals surface area contributed by atoms with E-state index in [4.69, 9.17) is 9.47 Å². The van der Waals surface area contributed by atoms with Crippen LogP contribution in [0.4, 0.5) is 14.5 Å². The SMILES string of the molecule is COc1ccc(OCCN2CCN(CC(=O)Nc3ccc(F)cc3F)CC2)cc1. The number of benzene rings is 2. The Kier molecular flexibility index (Phi) is 7.37. The number of piperazine rings is 1. The summed E-state index contributed by atoms with van der Waals surface area (Å²) in [6, 6.07) is 10.6. The predicted octanol–water partition coefficient (Wildman–Crippen LogP) is 2.61. The van der Waals surface area contributed by atoms with Gasteiger partial charge in [0.25, 0.3) is 0 Å². The van der Waals surface area contributed by atoms with E-state index in [9.17, 15) is 13.6 Å².